The smallest absolute Gasteiger partial charge is 0.268 e. The number of anilines is 1. The van der Waals surface area contributed by atoms with E-state index >= 15 is 0 Å². The molecule has 2 heterocycles. The van der Waals surface area contributed by atoms with E-state index in [1.807, 2.05) is 12.1 Å². The van der Waals surface area contributed by atoms with Crippen LogP contribution in [0.3, 0.4) is 0 Å². The van der Waals surface area contributed by atoms with Crippen molar-refractivity contribution in [1.29, 1.82) is 0 Å². The van der Waals surface area contributed by atoms with Crippen LogP contribution in [0.15, 0.2) is 48.5 Å². The lowest BCUT2D eigenvalue weighted by molar-refractivity contribution is -0.0734. The van der Waals surface area contributed by atoms with Gasteiger partial charge in [-0.2, -0.15) is 0 Å². The third-order valence-electron chi connectivity index (χ3n) is 4.34. The molecule has 6 heteroatoms. The third kappa shape index (κ3) is 2.41. The zero-order chi connectivity index (χ0) is 16.7. The summed E-state index contributed by atoms with van der Waals surface area (Å²) in [5.41, 5.74) is 7.90. The van der Waals surface area contributed by atoms with Gasteiger partial charge >= 0.3 is 0 Å². The van der Waals surface area contributed by atoms with Crippen molar-refractivity contribution in [2.24, 2.45) is 0 Å². The quantitative estimate of drug-likeness (QED) is 0.647. The first-order valence-electron chi connectivity index (χ1n) is 7.60. The fourth-order valence-electron chi connectivity index (χ4n) is 2.94. The normalized spacial score (nSPS) is 15.9. The lowest BCUT2D eigenvalue weighted by atomic mass is 9.87. The molecule has 4 N–H and O–H groups in total. The van der Waals surface area contributed by atoms with Crippen LogP contribution in [0.25, 0.3) is 10.9 Å². The van der Waals surface area contributed by atoms with E-state index in [1.54, 1.807) is 24.3 Å². The topological polar surface area (TPSA) is 80.1 Å². The molecule has 3 aromatic rings. The van der Waals surface area contributed by atoms with Gasteiger partial charge in [0.05, 0.1) is 13.2 Å². The molecule has 1 aliphatic heterocycles. The number of benzene rings is 2. The van der Waals surface area contributed by atoms with Crippen LogP contribution in [-0.2, 0) is 10.3 Å². The van der Waals surface area contributed by atoms with Crippen molar-refractivity contribution in [3.05, 3.63) is 65.6 Å². The number of carbonyl (C=O) groups excluding carboxylic acids is 1. The molecule has 2 aromatic carbocycles. The Kier molecular flexibility index (Phi) is 3.28. The molecule has 1 aromatic heterocycles. The van der Waals surface area contributed by atoms with Crippen molar-refractivity contribution < 1.29 is 13.9 Å². The van der Waals surface area contributed by atoms with Gasteiger partial charge in [0.15, 0.2) is 0 Å². The Labute approximate surface area is 137 Å². The summed E-state index contributed by atoms with van der Waals surface area (Å²) >= 11 is 0. The van der Waals surface area contributed by atoms with Gasteiger partial charge in [-0.05, 0) is 42.0 Å². The fourth-order valence-corrected chi connectivity index (χ4v) is 2.94. The minimum atomic E-state index is -0.624. The molecule has 1 amide bonds. The number of fused-ring (bicyclic) bond motifs is 1. The first-order chi connectivity index (χ1) is 11.6. The minimum absolute atomic E-state index is 0.239. The van der Waals surface area contributed by atoms with Crippen LogP contribution in [0.2, 0.25) is 0 Å². The SMILES string of the molecule is Nc1ccc2[nH]c(C(=O)NC3(c4ccc(F)cc4)COC3)cc2c1. The van der Waals surface area contributed by atoms with Gasteiger partial charge in [-0.15, -0.1) is 0 Å². The summed E-state index contributed by atoms with van der Waals surface area (Å²) in [5.74, 6) is -0.550. The Bertz CT molecular complexity index is 914. The molecule has 24 heavy (non-hydrogen) atoms. The van der Waals surface area contributed by atoms with Gasteiger partial charge in [0.1, 0.15) is 17.1 Å². The van der Waals surface area contributed by atoms with E-state index in [2.05, 4.69) is 10.3 Å². The number of carbonyl (C=O) groups is 1. The number of aromatic amines is 1. The van der Waals surface area contributed by atoms with Gasteiger partial charge in [-0.3, -0.25) is 4.79 Å². The lowest BCUT2D eigenvalue weighted by Gasteiger charge is -2.42. The van der Waals surface area contributed by atoms with Crippen molar-refractivity contribution >= 4 is 22.5 Å². The van der Waals surface area contributed by atoms with Gasteiger partial charge in [0.2, 0.25) is 0 Å². The van der Waals surface area contributed by atoms with Crippen LogP contribution in [0, 0.1) is 5.82 Å². The van der Waals surface area contributed by atoms with Crippen LogP contribution in [-0.4, -0.2) is 24.1 Å². The average Bonchev–Trinajstić information content (AvgIpc) is 2.95. The monoisotopic (exact) mass is 325 g/mol. The second-order valence-corrected chi connectivity index (χ2v) is 6.07. The van der Waals surface area contributed by atoms with Crippen molar-refractivity contribution in [2.75, 3.05) is 18.9 Å². The standard InChI is InChI=1S/C18H16FN3O2/c19-13-3-1-12(2-4-13)18(9-24-10-18)22-17(23)16-8-11-7-14(20)5-6-15(11)21-16/h1-8,21H,9-10,20H2,(H,22,23). The van der Waals surface area contributed by atoms with Crippen LogP contribution in [0.4, 0.5) is 10.1 Å². The van der Waals surface area contributed by atoms with E-state index < -0.39 is 5.54 Å². The molecule has 0 spiro atoms. The summed E-state index contributed by atoms with van der Waals surface area (Å²) in [6.45, 7) is 0.717. The third-order valence-corrected chi connectivity index (χ3v) is 4.34. The highest BCUT2D eigenvalue weighted by Crippen LogP contribution is 2.30. The number of nitrogens with one attached hydrogen (secondary N) is 2. The number of nitrogens with two attached hydrogens (primary N) is 1. The van der Waals surface area contributed by atoms with Gasteiger partial charge in [-0.25, -0.2) is 4.39 Å². The minimum Gasteiger partial charge on any atom is -0.399 e. The zero-order valence-electron chi connectivity index (χ0n) is 12.8. The molecule has 0 bridgehead atoms. The summed E-state index contributed by atoms with van der Waals surface area (Å²) in [5, 5.41) is 3.88. The number of nitrogen functional groups attached to an aromatic ring is 1. The lowest BCUT2D eigenvalue weighted by Crippen LogP contribution is -2.59. The fraction of sp³-hybridized carbons (Fsp3) is 0.167. The van der Waals surface area contributed by atoms with Crippen LogP contribution >= 0.6 is 0 Å². The molecule has 122 valence electrons. The Balaban J connectivity index is 1.62. The molecule has 0 saturated carbocycles. The second-order valence-electron chi connectivity index (χ2n) is 6.07. The molecule has 0 atom stereocenters. The molecule has 1 aliphatic rings. The van der Waals surface area contributed by atoms with E-state index in [1.165, 1.54) is 12.1 Å². The number of ether oxygens (including phenoxy) is 1. The number of hydrogen-bond donors (Lipinski definition) is 3. The van der Waals surface area contributed by atoms with Crippen molar-refractivity contribution in [2.45, 2.75) is 5.54 Å². The predicted molar refractivity (Wildman–Crippen MR) is 89.1 cm³/mol. The number of rotatable bonds is 3. The zero-order valence-corrected chi connectivity index (χ0v) is 12.8. The Morgan fingerprint density at radius 1 is 1.17 bits per heavy atom. The van der Waals surface area contributed by atoms with Crippen molar-refractivity contribution in [3.63, 3.8) is 0 Å². The summed E-state index contributed by atoms with van der Waals surface area (Å²) in [4.78, 5) is 15.7. The highest BCUT2D eigenvalue weighted by molar-refractivity contribution is 5.99. The number of amides is 1. The summed E-state index contributed by atoms with van der Waals surface area (Å²) < 4.78 is 18.4. The van der Waals surface area contributed by atoms with Crippen molar-refractivity contribution in [3.8, 4) is 0 Å². The van der Waals surface area contributed by atoms with Crippen LogP contribution in [0.5, 0.6) is 0 Å². The first kappa shape index (κ1) is 14.7. The predicted octanol–water partition coefficient (Wildman–Crippen LogP) is 2.54. The average molecular weight is 325 g/mol. The number of aromatic nitrogens is 1. The molecule has 1 saturated heterocycles. The summed E-state index contributed by atoms with van der Waals surface area (Å²) in [6.07, 6.45) is 0. The molecular formula is C18H16FN3O2. The van der Waals surface area contributed by atoms with Gasteiger partial charge in [-0.1, -0.05) is 12.1 Å². The first-order valence-corrected chi connectivity index (χ1v) is 7.60. The maximum absolute atomic E-state index is 13.1. The molecule has 1 fully saturated rings. The maximum Gasteiger partial charge on any atom is 0.268 e. The molecule has 0 unspecified atom stereocenters. The van der Waals surface area contributed by atoms with E-state index in [0.717, 1.165) is 16.5 Å². The van der Waals surface area contributed by atoms with Gasteiger partial charge < -0.3 is 20.8 Å². The largest absolute Gasteiger partial charge is 0.399 e. The maximum atomic E-state index is 13.1. The van der Waals surface area contributed by atoms with Crippen LogP contribution in [0.1, 0.15) is 16.1 Å². The molecule has 5 nitrogen and oxygen atoms in total. The van der Waals surface area contributed by atoms with Crippen molar-refractivity contribution in [1.82, 2.24) is 10.3 Å². The van der Waals surface area contributed by atoms with Gasteiger partial charge in [0, 0.05) is 16.6 Å². The van der Waals surface area contributed by atoms with E-state index in [0.29, 0.717) is 24.6 Å². The molecule has 0 aliphatic carbocycles. The number of hydrogen-bond acceptors (Lipinski definition) is 3. The number of H-pyrrole nitrogens is 1. The Morgan fingerprint density at radius 2 is 1.92 bits per heavy atom. The molecular weight excluding hydrogens is 309 g/mol. The van der Waals surface area contributed by atoms with Crippen LogP contribution < -0.4 is 11.1 Å². The highest BCUT2D eigenvalue weighted by atomic mass is 19.1. The summed E-state index contributed by atoms with van der Waals surface area (Å²) in [6, 6.07) is 13.3. The highest BCUT2D eigenvalue weighted by Gasteiger charge is 2.42. The Hall–Kier alpha value is -2.86. The van der Waals surface area contributed by atoms with E-state index in [9.17, 15) is 9.18 Å². The Morgan fingerprint density at radius 3 is 2.58 bits per heavy atom. The van der Waals surface area contributed by atoms with Gasteiger partial charge in [0.25, 0.3) is 5.91 Å². The number of halogens is 1. The summed E-state index contributed by atoms with van der Waals surface area (Å²) in [7, 11) is 0. The molecule has 0 radical (unpaired) electrons. The molecule has 4 rings (SSSR count). The second kappa shape index (κ2) is 5.35. The van der Waals surface area contributed by atoms with E-state index in [4.69, 9.17) is 10.5 Å². The van der Waals surface area contributed by atoms with E-state index in [-0.39, 0.29) is 11.7 Å².